The van der Waals surface area contributed by atoms with Crippen LogP contribution in [-0.2, 0) is 19.6 Å². The first-order valence-corrected chi connectivity index (χ1v) is 12.9. The highest BCUT2D eigenvalue weighted by Gasteiger charge is 2.51. The molecule has 7 nitrogen and oxygen atoms in total. The van der Waals surface area contributed by atoms with Crippen molar-refractivity contribution in [3.05, 3.63) is 60.2 Å². The molecule has 1 N–H and O–H groups in total. The van der Waals surface area contributed by atoms with Gasteiger partial charge in [-0.1, -0.05) is 55.2 Å². The summed E-state index contributed by atoms with van der Waals surface area (Å²) in [5.41, 5.74) is 0.234. The Balaban J connectivity index is 1.71. The lowest BCUT2D eigenvalue weighted by Crippen LogP contribution is -2.70. The van der Waals surface area contributed by atoms with E-state index in [1.54, 1.807) is 37.3 Å². The molecule has 1 unspecified atom stereocenters. The van der Waals surface area contributed by atoms with E-state index < -0.39 is 21.5 Å². The molecular formula is C25H31N3O4S. The van der Waals surface area contributed by atoms with Gasteiger partial charge < -0.3 is 5.32 Å². The summed E-state index contributed by atoms with van der Waals surface area (Å²) in [5.74, 6) is -0.748. The molecular weight excluding hydrogens is 438 g/mol. The maximum Gasteiger partial charge on any atom is 0.247 e. The molecule has 2 aromatic rings. The average molecular weight is 470 g/mol. The second-order valence-electron chi connectivity index (χ2n) is 9.23. The molecule has 1 heterocycles. The number of anilines is 1. The summed E-state index contributed by atoms with van der Waals surface area (Å²) in [6.45, 7) is 3.17. The first kappa shape index (κ1) is 23.4. The molecule has 1 saturated carbocycles. The molecule has 2 aliphatic rings. The van der Waals surface area contributed by atoms with Gasteiger partial charge in [0, 0.05) is 18.3 Å². The van der Waals surface area contributed by atoms with Gasteiger partial charge in [0.25, 0.3) is 0 Å². The van der Waals surface area contributed by atoms with Crippen LogP contribution in [0.15, 0.2) is 59.5 Å². The molecule has 1 atom stereocenters. The number of nitrogens with zero attached hydrogens (tertiary/aromatic N) is 2. The average Bonchev–Trinajstić information content (AvgIpc) is 2.81. The highest BCUT2D eigenvalue weighted by molar-refractivity contribution is 7.89. The second-order valence-corrected chi connectivity index (χ2v) is 11.2. The Labute approximate surface area is 195 Å². The fraction of sp³-hybridized carbons (Fsp3) is 0.440. The number of piperazine rings is 1. The number of aryl methyl sites for hydroxylation is 1. The number of nitrogens with one attached hydrogen (secondary N) is 1. The summed E-state index contributed by atoms with van der Waals surface area (Å²) in [6, 6.07) is 15.5. The Morgan fingerprint density at radius 3 is 2.27 bits per heavy atom. The smallest absolute Gasteiger partial charge is 0.247 e. The maximum atomic E-state index is 13.7. The molecule has 1 aliphatic heterocycles. The van der Waals surface area contributed by atoms with Crippen LogP contribution in [0.25, 0.3) is 0 Å². The van der Waals surface area contributed by atoms with Gasteiger partial charge in [-0.05, 0) is 51.0 Å². The quantitative estimate of drug-likeness (QED) is 0.728. The molecule has 2 aromatic carbocycles. The Bertz CT molecular complexity index is 1110. The van der Waals surface area contributed by atoms with Gasteiger partial charge in [0.05, 0.1) is 11.4 Å². The lowest BCUT2D eigenvalue weighted by Gasteiger charge is -2.47. The highest BCUT2D eigenvalue weighted by Crippen LogP contribution is 2.33. The number of benzene rings is 2. The molecule has 176 valence electrons. The standard InChI is InChI=1S/C25H31N3O4S/c1-19-13-15-21(16-14-19)28-23(29)17-27(33(31,32)22-11-7-4-8-12-22)18-25(28,2)24(30)26-20-9-5-3-6-10-20/h4,7-8,11-16,20H,3,5-6,9-10,17-18H2,1-2H3,(H,26,30). The first-order chi connectivity index (χ1) is 15.7. The molecule has 0 bridgehead atoms. The van der Waals surface area contributed by atoms with E-state index >= 15 is 0 Å². The predicted molar refractivity (Wildman–Crippen MR) is 127 cm³/mol. The fourth-order valence-corrected chi connectivity index (χ4v) is 6.26. The molecule has 1 saturated heterocycles. The van der Waals surface area contributed by atoms with Crippen molar-refractivity contribution in [2.45, 2.75) is 62.4 Å². The van der Waals surface area contributed by atoms with Gasteiger partial charge in [-0.15, -0.1) is 0 Å². The summed E-state index contributed by atoms with van der Waals surface area (Å²) >= 11 is 0. The topological polar surface area (TPSA) is 86.8 Å². The normalized spacial score (nSPS) is 22.8. The highest BCUT2D eigenvalue weighted by atomic mass is 32.2. The van der Waals surface area contributed by atoms with Gasteiger partial charge in [0.15, 0.2) is 0 Å². The molecule has 33 heavy (non-hydrogen) atoms. The second kappa shape index (κ2) is 9.27. The predicted octanol–water partition coefficient (Wildman–Crippen LogP) is 3.24. The minimum atomic E-state index is -3.94. The summed E-state index contributed by atoms with van der Waals surface area (Å²) < 4.78 is 27.8. The molecule has 0 radical (unpaired) electrons. The van der Waals surface area contributed by atoms with Gasteiger partial charge in [-0.3, -0.25) is 14.5 Å². The van der Waals surface area contributed by atoms with E-state index in [-0.39, 0.29) is 29.9 Å². The molecule has 4 rings (SSSR count). The number of hydrogen-bond acceptors (Lipinski definition) is 4. The van der Waals surface area contributed by atoms with Gasteiger partial charge in [-0.2, -0.15) is 4.31 Å². The van der Waals surface area contributed by atoms with E-state index in [0.717, 1.165) is 42.0 Å². The van der Waals surface area contributed by atoms with Gasteiger partial charge in [0.2, 0.25) is 21.8 Å². The minimum Gasteiger partial charge on any atom is -0.351 e. The van der Waals surface area contributed by atoms with Gasteiger partial charge >= 0.3 is 0 Å². The van der Waals surface area contributed by atoms with Crippen LogP contribution in [0.4, 0.5) is 5.69 Å². The van der Waals surface area contributed by atoms with Crippen LogP contribution in [0.1, 0.15) is 44.6 Å². The van der Waals surface area contributed by atoms with Crippen molar-refractivity contribution in [2.75, 3.05) is 18.0 Å². The molecule has 2 fully saturated rings. The van der Waals surface area contributed by atoms with E-state index in [2.05, 4.69) is 5.32 Å². The Morgan fingerprint density at radius 1 is 1.00 bits per heavy atom. The van der Waals surface area contributed by atoms with E-state index in [1.165, 1.54) is 17.0 Å². The fourth-order valence-electron chi connectivity index (χ4n) is 4.76. The van der Waals surface area contributed by atoms with E-state index in [0.29, 0.717) is 5.69 Å². The van der Waals surface area contributed by atoms with Gasteiger partial charge in [-0.25, -0.2) is 8.42 Å². The SMILES string of the molecule is Cc1ccc(N2C(=O)CN(S(=O)(=O)c3ccccc3)CC2(C)C(=O)NC2CCCCC2)cc1. The van der Waals surface area contributed by atoms with Crippen LogP contribution >= 0.6 is 0 Å². The minimum absolute atomic E-state index is 0.0409. The summed E-state index contributed by atoms with van der Waals surface area (Å²) in [4.78, 5) is 28.7. The number of sulfonamides is 1. The lowest BCUT2D eigenvalue weighted by molar-refractivity contribution is -0.133. The number of carbonyl (C=O) groups is 2. The van der Waals surface area contributed by atoms with E-state index in [9.17, 15) is 18.0 Å². The number of carbonyl (C=O) groups excluding carboxylic acids is 2. The van der Waals surface area contributed by atoms with Crippen LogP contribution in [0, 0.1) is 6.92 Å². The maximum absolute atomic E-state index is 13.7. The van der Waals surface area contributed by atoms with Crippen molar-refractivity contribution in [2.24, 2.45) is 0 Å². The molecule has 0 spiro atoms. The van der Waals surface area contributed by atoms with Crippen molar-refractivity contribution in [1.82, 2.24) is 9.62 Å². The zero-order chi connectivity index (χ0) is 23.6. The summed E-state index contributed by atoms with van der Waals surface area (Å²) in [7, 11) is -3.94. The van der Waals surface area contributed by atoms with Crippen LogP contribution in [0.2, 0.25) is 0 Å². The first-order valence-electron chi connectivity index (χ1n) is 11.5. The molecule has 2 amide bonds. The van der Waals surface area contributed by atoms with E-state index in [1.807, 2.05) is 19.1 Å². The molecule has 8 heteroatoms. The van der Waals surface area contributed by atoms with Gasteiger partial charge in [0.1, 0.15) is 5.54 Å². The largest absolute Gasteiger partial charge is 0.351 e. The van der Waals surface area contributed by atoms with E-state index in [4.69, 9.17) is 0 Å². The van der Waals surface area contributed by atoms with Crippen LogP contribution in [0.5, 0.6) is 0 Å². The number of amides is 2. The van der Waals surface area contributed by atoms with Crippen LogP contribution in [-0.4, -0.2) is 49.2 Å². The van der Waals surface area contributed by atoms with Crippen molar-refractivity contribution in [3.8, 4) is 0 Å². The zero-order valence-corrected chi connectivity index (χ0v) is 20.0. The van der Waals surface area contributed by atoms with Crippen molar-refractivity contribution >= 4 is 27.5 Å². The zero-order valence-electron chi connectivity index (χ0n) is 19.2. The van der Waals surface area contributed by atoms with Crippen molar-refractivity contribution in [1.29, 1.82) is 0 Å². The number of hydrogen-bond donors (Lipinski definition) is 1. The number of rotatable bonds is 5. The molecule has 1 aliphatic carbocycles. The van der Waals surface area contributed by atoms with Crippen LogP contribution < -0.4 is 10.2 Å². The summed E-state index contributed by atoms with van der Waals surface area (Å²) in [5, 5.41) is 3.12. The van der Waals surface area contributed by atoms with Crippen LogP contribution in [0.3, 0.4) is 0 Å². The molecule has 0 aromatic heterocycles. The lowest BCUT2D eigenvalue weighted by atomic mass is 9.91. The third kappa shape index (κ3) is 4.68. The van der Waals surface area contributed by atoms with Crippen molar-refractivity contribution < 1.29 is 18.0 Å². The Kier molecular flexibility index (Phi) is 6.59. The third-order valence-corrected chi connectivity index (χ3v) is 8.45. The Morgan fingerprint density at radius 2 is 1.64 bits per heavy atom. The monoisotopic (exact) mass is 469 g/mol. The third-order valence-electron chi connectivity index (χ3n) is 6.64. The summed E-state index contributed by atoms with van der Waals surface area (Å²) in [6.07, 6.45) is 5.05. The van der Waals surface area contributed by atoms with Crippen molar-refractivity contribution in [3.63, 3.8) is 0 Å². The Hall–Kier alpha value is -2.71.